The van der Waals surface area contributed by atoms with Crippen LogP contribution in [0.15, 0.2) is 17.5 Å². The van der Waals surface area contributed by atoms with Crippen molar-refractivity contribution in [3.8, 4) is 6.07 Å². The predicted molar refractivity (Wildman–Crippen MR) is 99.6 cm³/mol. The number of fused-ring (bicyclic) bond motifs is 1. The van der Waals surface area contributed by atoms with E-state index in [0.29, 0.717) is 18.5 Å². The molecule has 2 heterocycles. The van der Waals surface area contributed by atoms with E-state index < -0.39 is 0 Å². The third-order valence-electron chi connectivity index (χ3n) is 4.26. The molecule has 6 heteroatoms. The van der Waals surface area contributed by atoms with E-state index in [1.165, 1.54) is 21.7 Å². The summed E-state index contributed by atoms with van der Waals surface area (Å²) < 4.78 is 0. The van der Waals surface area contributed by atoms with Crippen molar-refractivity contribution in [2.24, 2.45) is 0 Å². The molecular formula is C18H21N3OS2. The first-order chi connectivity index (χ1) is 11.7. The van der Waals surface area contributed by atoms with Crippen LogP contribution in [0, 0.1) is 11.3 Å². The molecule has 3 rings (SSSR count). The minimum Gasteiger partial charge on any atom is -0.317 e. The minimum atomic E-state index is -0.0110. The van der Waals surface area contributed by atoms with Crippen molar-refractivity contribution in [1.82, 2.24) is 4.90 Å². The van der Waals surface area contributed by atoms with E-state index in [0.717, 1.165) is 30.8 Å². The Balaban J connectivity index is 1.55. The van der Waals surface area contributed by atoms with Crippen molar-refractivity contribution >= 4 is 33.6 Å². The monoisotopic (exact) mass is 359 g/mol. The van der Waals surface area contributed by atoms with E-state index in [-0.39, 0.29) is 5.91 Å². The zero-order chi connectivity index (χ0) is 16.9. The van der Waals surface area contributed by atoms with Gasteiger partial charge in [-0.15, -0.1) is 22.7 Å². The molecule has 1 N–H and O–H groups in total. The third kappa shape index (κ3) is 4.04. The number of hydrogen-bond donors (Lipinski definition) is 1. The molecule has 1 aliphatic rings. The summed E-state index contributed by atoms with van der Waals surface area (Å²) in [5, 5.41) is 15.2. The Morgan fingerprint density at radius 2 is 2.25 bits per heavy atom. The standard InChI is InChI=1S/C18H21N3OS2/c1-21(12-13-5-4-10-23-13)9-8-17(22)20-18-15(11-19)14-6-2-3-7-16(14)24-18/h4-5,10H,2-3,6-9,12H2,1H3,(H,20,22). The molecule has 1 aliphatic carbocycles. The molecule has 0 atom stereocenters. The van der Waals surface area contributed by atoms with Gasteiger partial charge in [-0.3, -0.25) is 4.79 Å². The van der Waals surface area contributed by atoms with E-state index in [1.54, 1.807) is 22.7 Å². The highest BCUT2D eigenvalue weighted by atomic mass is 32.1. The number of nitriles is 1. The van der Waals surface area contributed by atoms with Crippen LogP contribution >= 0.6 is 22.7 Å². The lowest BCUT2D eigenvalue weighted by molar-refractivity contribution is -0.116. The molecule has 0 saturated heterocycles. The Hall–Kier alpha value is -1.68. The molecule has 0 fully saturated rings. The third-order valence-corrected chi connectivity index (χ3v) is 6.33. The second-order valence-electron chi connectivity index (χ2n) is 6.14. The number of hydrogen-bond acceptors (Lipinski definition) is 5. The Bertz CT molecular complexity index is 743. The van der Waals surface area contributed by atoms with E-state index in [9.17, 15) is 10.1 Å². The summed E-state index contributed by atoms with van der Waals surface area (Å²) in [4.78, 5) is 17.0. The maximum absolute atomic E-state index is 12.3. The van der Waals surface area contributed by atoms with E-state index in [2.05, 4.69) is 27.7 Å². The first kappa shape index (κ1) is 17.2. The van der Waals surface area contributed by atoms with Crippen LogP contribution in [0.4, 0.5) is 5.00 Å². The fraction of sp³-hybridized carbons (Fsp3) is 0.444. The summed E-state index contributed by atoms with van der Waals surface area (Å²) in [5.74, 6) is -0.0110. The highest BCUT2D eigenvalue weighted by Crippen LogP contribution is 2.37. The number of nitrogens with zero attached hydrogens (tertiary/aromatic N) is 2. The average molecular weight is 360 g/mol. The molecule has 0 aromatic carbocycles. The second-order valence-corrected chi connectivity index (χ2v) is 8.28. The molecule has 24 heavy (non-hydrogen) atoms. The molecule has 126 valence electrons. The van der Waals surface area contributed by atoms with Gasteiger partial charge in [0.25, 0.3) is 0 Å². The van der Waals surface area contributed by atoms with Crippen molar-refractivity contribution in [1.29, 1.82) is 5.26 Å². The highest BCUT2D eigenvalue weighted by molar-refractivity contribution is 7.16. The van der Waals surface area contributed by atoms with Crippen LogP contribution in [0.2, 0.25) is 0 Å². The lowest BCUT2D eigenvalue weighted by Crippen LogP contribution is -2.23. The van der Waals surface area contributed by atoms with Gasteiger partial charge in [0.2, 0.25) is 5.91 Å². The van der Waals surface area contributed by atoms with Gasteiger partial charge in [0.05, 0.1) is 5.56 Å². The number of thiophene rings is 2. The van der Waals surface area contributed by atoms with Crippen LogP contribution in [-0.2, 0) is 24.2 Å². The van der Waals surface area contributed by atoms with Crippen molar-refractivity contribution in [3.05, 3.63) is 38.4 Å². The van der Waals surface area contributed by atoms with Gasteiger partial charge in [-0.2, -0.15) is 5.26 Å². The quantitative estimate of drug-likeness (QED) is 0.847. The first-order valence-corrected chi connectivity index (χ1v) is 9.92. The maximum atomic E-state index is 12.3. The highest BCUT2D eigenvalue weighted by Gasteiger charge is 2.21. The van der Waals surface area contributed by atoms with Crippen LogP contribution in [-0.4, -0.2) is 24.4 Å². The summed E-state index contributed by atoms with van der Waals surface area (Å²) in [5.41, 5.74) is 1.86. The molecule has 2 aromatic heterocycles. The van der Waals surface area contributed by atoms with Crippen LogP contribution in [0.25, 0.3) is 0 Å². The Morgan fingerprint density at radius 1 is 1.42 bits per heavy atom. The number of anilines is 1. The topological polar surface area (TPSA) is 56.1 Å². The number of aryl methyl sites for hydroxylation is 1. The number of rotatable bonds is 6. The summed E-state index contributed by atoms with van der Waals surface area (Å²) >= 11 is 3.32. The van der Waals surface area contributed by atoms with Crippen LogP contribution in [0.5, 0.6) is 0 Å². The number of amides is 1. The molecule has 0 radical (unpaired) electrons. The average Bonchev–Trinajstić information content (AvgIpc) is 3.19. The van der Waals surface area contributed by atoms with Gasteiger partial charge in [0.15, 0.2) is 0 Å². The van der Waals surface area contributed by atoms with Gasteiger partial charge in [0.1, 0.15) is 11.1 Å². The van der Waals surface area contributed by atoms with Crippen molar-refractivity contribution < 1.29 is 4.79 Å². The zero-order valence-corrected chi connectivity index (χ0v) is 15.4. The van der Waals surface area contributed by atoms with E-state index in [4.69, 9.17) is 0 Å². The summed E-state index contributed by atoms with van der Waals surface area (Å²) in [7, 11) is 2.03. The fourth-order valence-electron chi connectivity index (χ4n) is 3.00. The summed E-state index contributed by atoms with van der Waals surface area (Å²) in [6.45, 7) is 1.57. The summed E-state index contributed by atoms with van der Waals surface area (Å²) in [6.07, 6.45) is 4.76. The van der Waals surface area contributed by atoms with Crippen molar-refractivity contribution in [2.75, 3.05) is 18.9 Å². The smallest absolute Gasteiger partial charge is 0.226 e. The van der Waals surface area contributed by atoms with Gasteiger partial charge in [-0.1, -0.05) is 6.07 Å². The van der Waals surface area contributed by atoms with Crippen molar-refractivity contribution in [2.45, 2.75) is 38.6 Å². The van der Waals surface area contributed by atoms with Gasteiger partial charge in [-0.25, -0.2) is 0 Å². The molecular weight excluding hydrogens is 338 g/mol. The summed E-state index contributed by atoms with van der Waals surface area (Å²) in [6, 6.07) is 6.44. The SMILES string of the molecule is CN(CCC(=O)Nc1sc2c(c1C#N)CCCC2)Cc1cccs1. The van der Waals surface area contributed by atoms with Crippen LogP contribution < -0.4 is 5.32 Å². The van der Waals surface area contributed by atoms with Crippen LogP contribution in [0.1, 0.15) is 40.1 Å². The maximum Gasteiger partial charge on any atom is 0.226 e. The van der Waals surface area contributed by atoms with Crippen molar-refractivity contribution in [3.63, 3.8) is 0 Å². The second kappa shape index (κ2) is 7.93. The Kier molecular flexibility index (Phi) is 5.67. The molecule has 1 amide bonds. The van der Waals surface area contributed by atoms with E-state index >= 15 is 0 Å². The predicted octanol–water partition coefficient (Wildman–Crippen LogP) is 4.02. The van der Waals surface area contributed by atoms with Gasteiger partial charge in [-0.05, 0) is 49.7 Å². The van der Waals surface area contributed by atoms with Gasteiger partial charge < -0.3 is 10.2 Å². The first-order valence-electron chi connectivity index (χ1n) is 8.23. The Morgan fingerprint density at radius 3 is 3.00 bits per heavy atom. The molecule has 0 saturated carbocycles. The zero-order valence-electron chi connectivity index (χ0n) is 13.8. The number of carbonyl (C=O) groups is 1. The molecule has 0 aliphatic heterocycles. The normalized spacial score (nSPS) is 13.5. The number of carbonyl (C=O) groups excluding carboxylic acids is 1. The molecule has 4 nitrogen and oxygen atoms in total. The van der Waals surface area contributed by atoms with Gasteiger partial charge in [0, 0.05) is 29.3 Å². The lowest BCUT2D eigenvalue weighted by Gasteiger charge is -2.15. The fourth-order valence-corrected chi connectivity index (χ4v) is 5.04. The molecule has 0 spiro atoms. The van der Waals surface area contributed by atoms with E-state index in [1.807, 2.05) is 13.1 Å². The molecule has 0 unspecified atom stereocenters. The minimum absolute atomic E-state index is 0.0110. The van der Waals surface area contributed by atoms with Crippen LogP contribution in [0.3, 0.4) is 0 Å². The largest absolute Gasteiger partial charge is 0.317 e. The lowest BCUT2D eigenvalue weighted by atomic mass is 9.96. The molecule has 0 bridgehead atoms. The number of nitrogens with one attached hydrogen (secondary N) is 1. The Labute approximate surface area is 150 Å². The van der Waals surface area contributed by atoms with Gasteiger partial charge >= 0.3 is 0 Å². The molecule has 2 aromatic rings.